The molecule has 0 saturated carbocycles. The van der Waals surface area contributed by atoms with Crippen molar-refractivity contribution >= 4 is 18.0 Å². The summed E-state index contributed by atoms with van der Waals surface area (Å²) in [6.07, 6.45) is 4.73. The number of ether oxygens (including phenoxy) is 2. The van der Waals surface area contributed by atoms with Gasteiger partial charge < -0.3 is 19.4 Å². The highest BCUT2D eigenvalue weighted by Crippen LogP contribution is 2.25. The number of methoxy groups -OCH3 is 1. The first-order valence-electron chi connectivity index (χ1n) is 9.24. The van der Waals surface area contributed by atoms with Gasteiger partial charge in [-0.15, -0.1) is 0 Å². The van der Waals surface area contributed by atoms with E-state index in [1.54, 1.807) is 38.4 Å². The van der Waals surface area contributed by atoms with Crippen molar-refractivity contribution in [2.24, 2.45) is 0 Å². The summed E-state index contributed by atoms with van der Waals surface area (Å²) in [7, 11) is 1.54. The molecule has 2 heterocycles. The molecule has 0 aromatic carbocycles. The van der Waals surface area contributed by atoms with Gasteiger partial charge in [-0.2, -0.15) is 0 Å². The number of aromatic nitrogens is 2. The summed E-state index contributed by atoms with van der Waals surface area (Å²) in [6, 6.07) is 3.57. The van der Waals surface area contributed by atoms with E-state index in [1.807, 2.05) is 25.3 Å². The number of amides is 1. The monoisotopic (exact) mass is 385 g/mol. The number of nitrogens with one attached hydrogen (secondary N) is 1. The van der Waals surface area contributed by atoms with Crippen molar-refractivity contribution in [1.29, 1.82) is 0 Å². The minimum Gasteiger partial charge on any atom is -0.481 e. The van der Waals surface area contributed by atoms with Crippen LogP contribution in [0, 0.1) is 13.8 Å². The first-order chi connectivity index (χ1) is 13.4. The summed E-state index contributed by atoms with van der Waals surface area (Å²) in [4.78, 5) is 28.7. The van der Waals surface area contributed by atoms with Gasteiger partial charge in [0.05, 0.1) is 19.3 Å². The van der Waals surface area contributed by atoms with Crippen LogP contribution in [0.15, 0.2) is 24.4 Å². The predicted molar refractivity (Wildman–Crippen MR) is 107 cm³/mol. The molecule has 150 valence electrons. The Kier molecular flexibility index (Phi) is 7.37. The lowest BCUT2D eigenvalue weighted by Gasteiger charge is -2.05. The first kappa shape index (κ1) is 21.2. The molecule has 0 spiro atoms. The molecule has 0 aliphatic heterocycles. The zero-order valence-corrected chi connectivity index (χ0v) is 17.0. The first-order valence-corrected chi connectivity index (χ1v) is 9.24. The van der Waals surface area contributed by atoms with E-state index in [1.165, 1.54) is 6.08 Å². The summed E-state index contributed by atoms with van der Waals surface area (Å²) in [5.74, 6) is -0.139. The number of carbonyl (C=O) groups is 2. The largest absolute Gasteiger partial charge is 0.481 e. The van der Waals surface area contributed by atoms with Gasteiger partial charge in [0.2, 0.25) is 11.8 Å². The Balaban J connectivity index is 2.17. The second-order valence-corrected chi connectivity index (χ2v) is 6.18. The molecule has 1 N–H and O–H groups in total. The quantitative estimate of drug-likeness (QED) is 0.558. The summed E-state index contributed by atoms with van der Waals surface area (Å²) in [6.45, 7) is 8.98. The number of nitrogens with zero attached hydrogens (tertiary/aromatic N) is 2. The molecule has 0 aliphatic carbocycles. The minimum atomic E-state index is -0.376. The van der Waals surface area contributed by atoms with Crippen LogP contribution in [0.2, 0.25) is 0 Å². The molecule has 0 fully saturated rings. The van der Waals surface area contributed by atoms with Crippen LogP contribution < -0.4 is 10.1 Å². The Bertz CT molecular complexity index is 884. The third kappa shape index (κ3) is 4.79. The van der Waals surface area contributed by atoms with E-state index in [9.17, 15) is 9.59 Å². The summed E-state index contributed by atoms with van der Waals surface area (Å²) < 4.78 is 12.3. The summed E-state index contributed by atoms with van der Waals surface area (Å²) in [5, 5.41) is 2.82. The lowest BCUT2D eigenvalue weighted by molar-refractivity contribution is -0.116. The third-order valence-corrected chi connectivity index (χ3v) is 4.50. The smallest absolute Gasteiger partial charge is 0.340 e. The van der Waals surface area contributed by atoms with Crippen molar-refractivity contribution in [3.63, 3.8) is 0 Å². The molecule has 0 saturated heterocycles. The van der Waals surface area contributed by atoms with Crippen LogP contribution in [-0.4, -0.2) is 35.1 Å². The normalized spacial score (nSPS) is 10.9. The van der Waals surface area contributed by atoms with Gasteiger partial charge in [0.1, 0.15) is 0 Å². The Hall–Kier alpha value is -3.09. The van der Waals surface area contributed by atoms with Gasteiger partial charge in [0.15, 0.2) is 0 Å². The van der Waals surface area contributed by atoms with Crippen molar-refractivity contribution in [3.8, 4) is 5.88 Å². The van der Waals surface area contributed by atoms with Crippen LogP contribution >= 0.6 is 0 Å². The van der Waals surface area contributed by atoms with Gasteiger partial charge in [-0.05, 0) is 45.4 Å². The second-order valence-electron chi connectivity index (χ2n) is 6.18. The minimum absolute atomic E-state index is 0.258. The van der Waals surface area contributed by atoms with E-state index in [4.69, 9.17) is 9.47 Å². The maximum atomic E-state index is 12.4. The zero-order chi connectivity index (χ0) is 20.7. The van der Waals surface area contributed by atoms with Crippen LogP contribution in [0.3, 0.4) is 0 Å². The molecule has 1 amide bonds. The van der Waals surface area contributed by atoms with Crippen molar-refractivity contribution in [1.82, 2.24) is 14.9 Å². The van der Waals surface area contributed by atoms with Crippen molar-refractivity contribution in [3.05, 3.63) is 52.5 Å². The Labute approximate surface area is 165 Å². The molecule has 2 aromatic rings. The molecule has 7 nitrogen and oxygen atoms in total. The van der Waals surface area contributed by atoms with Crippen LogP contribution in [-0.2, 0) is 22.6 Å². The number of pyridine rings is 1. The lowest BCUT2D eigenvalue weighted by Crippen LogP contribution is -2.20. The van der Waals surface area contributed by atoms with Gasteiger partial charge in [-0.1, -0.05) is 0 Å². The van der Waals surface area contributed by atoms with E-state index >= 15 is 0 Å². The van der Waals surface area contributed by atoms with E-state index < -0.39 is 0 Å². The second kappa shape index (κ2) is 9.73. The highest BCUT2D eigenvalue weighted by Gasteiger charge is 2.22. The van der Waals surface area contributed by atoms with Crippen LogP contribution in [0.25, 0.3) is 6.08 Å². The van der Waals surface area contributed by atoms with Gasteiger partial charge in [0, 0.05) is 48.4 Å². The highest BCUT2D eigenvalue weighted by molar-refractivity contribution is 5.98. The van der Waals surface area contributed by atoms with Crippen LogP contribution in [0.1, 0.15) is 46.7 Å². The number of hydrogen-bond donors (Lipinski definition) is 1. The molecule has 0 aliphatic rings. The Morgan fingerprint density at radius 2 is 2.00 bits per heavy atom. The molecule has 28 heavy (non-hydrogen) atoms. The number of rotatable bonds is 8. The molecule has 2 rings (SSSR count). The van der Waals surface area contributed by atoms with Gasteiger partial charge >= 0.3 is 5.97 Å². The predicted octanol–water partition coefficient (Wildman–Crippen LogP) is 3.03. The number of carbonyl (C=O) groups excluding carboxylic acids is 2. The van der Waals surface area contributed by atoms with Gasteiger partial charge in [-0.25, -0.2) is 9.78 Å². The Morgan fingerprint density at radius 1 is 1.25 bits per heavy atom. The topological polar surface area (TPSA) is 82.5 Å². The van der Waals surface area contributed by atoms with E-state index in [2.05, 4.69) is 10.3 Å². The summed E-state index contributed by atoms with van der Waals surface area (Å²) in [5.41, 5.74) is 3.85. The molecule has 2 aromatic heterocycles. The van der Waals surface area contributed by atoms with Crippen molar-refractivity contribution in [2.75, 3.05) is 13.7 Å². The molecular weight excluding hydrogens is 358 g/mol. The maximum Gasteiger partial charge on any atom is 0.340 e. The molecule has 0 bridgehead atoms. The maximum absolute atomic E-state index is 12.4. The molecule has 0 unspecified atom stereocenters. The molecule has 7 heteroatoms. The summed E-state index contributed by atoms with van der Waals surface area (Å²) >= 11 is 0. The van der Waals surface area contributed by atoms with E-state index in [0.717, 1.165) is 23.5 Å². The standard InChI is InChI=1S/C21H27N3O4/c1-6-24-14(3)17(20(15(24)4)21(26)28-7-2)8-9-18(25)23-13-16-10-11-22-19(12-16)27-5/h8-12H,6-7,13H2,1-5H3,(H,23,25)/b9-8+. The fourth-order valence-corrected chi connectivity index (χ4v) is 3.13. The van der Waals surface area contributed by atoms with Gasteiger partial charge in [-0.3, -0.25) is 4.79 Å². The zero-order valence-electron chi connectivity index (χ0n) is 17.0. The average molecular weight is 385 g/mol. The van der Waals surface area contributed by atoms with E-state index in [-0.39, 0.29) is 11.9 Å². The number of esters is 1. The fraction of sp³-hybridized carbons (Fsp3) is 0.381. The molecule has 0 atom stereocenters. The van der Waals surface area contributed by atoms with Crippen molar-refractivity contribution in [2.45, 2.75) is 40.8 Å². The van der Waals surface area contributed by atoms with E-state index in [0.29, 0.717) is 30.2 Å². The SMILES string of the molecule is CCOC(=O)c1c(/C=C/C(=O)NCc2ccnc(OC)c2)c(C)n(CC)c1C. The highest BCUT2D eigenvalue weighted by atomic mass is 16.5. The number of hydrogen-bond acceptors (Lipinski definition) is 5. The van der Waals surface area contributed by atoms with Crippen molar-refractivity contribution < 1.29 is 19.1 Å². The average Bonchev–Trinajstić information content (AvgIpc) is 2.94. The molecular formula is C21H27N3O4. The lowest BCUT2D eigenvalue weighted by atomic mass is 10.1. The van der Waals surface area contributed by atoms with Gasteiger partial charge in [0.25, 0.3) is 0 Å². The molecule has 0 radical (unpaired) electrons. The fourth-order valence-electron chi connectivity index (χ4n) is 3.13. The van der Waals surface area contributed by atoms with Crippen LogP contribution in [0.5, 0.6) is 5.88 Å². The third-order valence-electron chi connectivity index (χ3n) is 4.50. The Morgan fingerprint density at radius 3 is 2.64 bits per heavy atom. The van der Waals surface area contributed by atoms with Crippen LogP contribution in [0.4, 0.5) is 0 Å².